The largest absolute Gasteiger partial charge is 0.491 e. The minimum absolute atomic E-state index is 0.221. The highest BCUT2D eigenvalue weighted by atomic mass is 16.5. The Labute approximate surface area is 120 Å². The van der Waals surface area contributed by atoms with Crippen LogP contribution in [0.15, 0.2) is 42.7 Å². The summed E-state index contributed by atoms with van der Waals surface area (Å²) in [5.74, 6) is 0.960. The summed E-state index contributed by atoms with van der Waals surface area (Å²) in [6.07, 6.45) is 4.10. The molecule has 0 N–H and O–H groups in total. The summed E-state index contributed by atoms with van der Waals surface area (Å²) in [5.41, 5.74) is 1.31. The van der Waals surface area contributed by atoms with E-state index >= 15 is 0 Å². The van der Waals surface area contributed by atoms with Gasteiger partial charge in [0.25, 0.3) is 0 Å². The molecular formula is C16H21N3O. The van der Waals surface area contributed by atoms with Crippen LogP contribution >= 0.6 is 0 Å². The maximum atomic E-state index is 5.74. The van der Waals surface area contributed by atoms with E-state index in [1.54, 1.807) is 0 Å². The van der Waals surface area contributed by atoms with Gasteiger partial charge in [0.2, 0.25) is 0 Å². The first-order chi connectivity index (χ1) is 9.70. The normalized spacial score (nSPS) is 16.4. The van der Waals surface area contributed by atoms with E-state index in [1.807, 2.05) is 24.5 Å². The van der Waals surface area contributed by atoms with Crippen LogP contribution in [0.1, 0.15) is 25.5 Å². The number of ether oxygens (including phenoxy) is 1. The lowest BCUT2D eigenvalue weighted by molar-refractivity contribution is 0.0908. The van der Waals surface area contributed by atoms with E-state index in [0.717, 1.165) is 25.4 Å². The topological polar surface area (TPSA) is 30.3 Å². The molecule has 1 aliphatic heterocycles. The van der Waals surface area contributed by atoms with Gasteiger partial charge >= 0.3 is 0 Å². The molecule has 0 saturated carbocycles. The molecule has 0 bridgehead atoms. The first kappa shape index (κ1) is 13.2. The monoisotopic (exact) mass is 271 g/mol. The van der Waals surface area contributed by atoms with Gasteiger partial charge in [0, 0.05) is 32.0 Å². The van der Waals surface area contributed by atoms with Crippen molar-refractivity contribution >= 4 is 0 Å². The first-order valence-electron chi connectivity index (χ1n) is 7.18. The highest BCUT2D eigenvalue weighted by Gasteiger charge is 2.28. The standard InChI is InChI=1S/C16H21N3O/c1-13(2)20-16-6-3-5-14(9-16)10-18-11-15(12-18)19-8-4-7-17-19/h3-9,13,15H,10-12H2,1-2H3. The molecule has 0 atom stereocenters. The van der Waals surface area contributed by atoms with Gasteiger partial charge in [0.05, 0.1) is 12.1 Å². The zero-order chi connectivity index (χ0) is 13.9. The Balaban J connectivity index is 1.54. The van der Waals surface area contributed by atoms with Crippen molar-refractivity contribution in [1.82, 2.24) is 14.7 Å². The number of rotatable bonds is 5. The Morgan fingerprint density at radius 1 is 1.30 bits per heavy atom. The van der Waals surface area contributed by atoms with Crippen LogP contribution in [-0.2, 0) is 6.54 Å². The van der Waals surface area contributed by atoms with Crippen molar-refractivity contribution < 1.29 is 4.74 Å². The molecular weight excluding hydrogens is 250 g/mol. The summed E-state index contributed by atoms with van der Waals surface area (Å²) in [6, 6.07) is 10.9. The van der Waals surface area contributed by atoms with Crippen molar-refractivity contribution in [2.24, 2.45) is 0 Å². The minimum atomic E-state index is 0.221. The maximum Gasteiger partial charge on any atom is 0.120 e. The van der Waals surface area contributed by atoms with E-state index in [1.165, 1.54) is 5.56 Å². The van der Waals surface area contributed by atoms with Crippen LogP contribution in [0.5, 0.6) is 5.75 Å². The number of likely N-dealkylation sites (tertiary alicyclic amines) is 1. The van der Waals surface area contributed by atoms with Crippen LogP contribution in [0.3, 0.4) is 0 Å². The van der Waals surface area contributed by atoms with Crippen LogP contribution < -0.4 is 4.74 Å². The fourth-order valence-electron chi connectivity index (χ4n) is 2.58. The summed E-state index contributed by atoms with van der Waals surface area (Å²) in [7, 11) is 0. The third kappa shape index (κ3) is 3.02. The van der Waals surface area contributed by atoms with Gasteiger partial charge in [-0.15, -0.1) is 0 Å². The molecule has 20 heavy (non-hydrogen) atoms. The van der Waals surface area contributed by atoms with E-state index in [2.05, 4.69) is 46.7 Å². The average molecular weight is 271 g/mol. The van der Waals surface area contributed by atoms with E-state index in [-0.39, 0.29) is 6.10 Å². The first-order valence-corrected chi connectivity index (χ1v) is 7.18. The van der Waals surface area contributed by atoms with Crippen molar-refractivity contribution in [3.8, 4) is 5.75 Å². The summed E-state index contributed by atoms with van der Waals surface area (Å²) in [4.78, 5) is 2.43. The molecule has 0 amide bonds. The second-order valence-electron chi connectivity index (χ2n) is 5.65. The van der Waals surface area contributed by atoms with Crippen molar-refractivity contribution in [2.45, 2.75) is 32.5 Å². The van der Waals surface area contributed by atoms with E-state index in [0.29, 0.717) is 6.04 Å². The Morgan fingerprint density at radius 2 is 2.15 bits per heavy atom. The molecule has 4 nitrogen and oxygen atoms in total. The second kappa shape index (κ2) is 5.67. The summed E-state index contributed by atoms with van der Waals surface area (Å²) in [6.45, 7) is 7.22. The van der Waals surface area contributed by atoms with Crippen molar-refractivity contribution in [3.63, 3.8) is 0 Å². The van der Waals surface area contributed by atoms with Gasteiger partial charge in [-0.1, -0.05) is 12.1 Å². The third-order valence-electron chi connectivity index (χ3n) is 3.51. The van der Waals surface area contributed by atoms with Crippen LogP contribution in [0.4, 0.5) is 0 Å². The Kier molecular flexibility index (Phi) is 3.74. The van der Waals surface area contributed by atoms with E-state index < -0.39 is 0 Å². The Morgan fingerprint density at radius 3 is 2.85 bits per heavy atom. The fraction of sp³-hybridized carbons (Fsp3) is 0.438. The Hall–Kier alpha value is -1.81. The smallest absolute Gasteiger partial charge is 0.120 e. The summed E-state index contributed by atoms with van der Waals surface area (Å²) in [5, 5.41) is 4.30. The molecule has 1 saturated heterocycles. The lowest BCUT2D eigenvalue weighted by atomic mass is 10.1. The molecule has 0 spiro atoms. The van der Waals surface area contributed by atoms with Crippen LogP contribution in [-0.4, -0.2) is 33.9 Å². The van der Waals surface area contributed by atoms with Gasteiger partial charge in [0.1, 0.15) is 5.75 Å². The lowest BCUT2D eigenvalue weighted by Gasteiger charge is -2.39. The van der Waals surface area contributed by atoms with Gasteiger partial charge in [-0.3, -0.25) is 9.58 Å². The number of hydrogen-bond donors (Lipinski definition) is 0. The summed E-state index contributed by atoms with van der Waals surface area (Å²) < 4.78 is 7.79. The number of hydrogen-bond acceptors (Lipinski definition) is 3. The quantitative estimate of drug-likeness (QED) is 0.837. The van der Waals surface area contributed by atoms with Crippen molar-refractivity contribution in [1.29, 1.82) is 0 Å². The number of nitrogens with zero attached hydrogens (tertiary/aromatic N) is 3. The molecule has 3 rings (SSSR count). The molecule has 1 aromatic heterocycles. The highest BCUT2D eigenvalue weighted by Crippen LogP contribution is 2.23. The maximum absolute atomic E-state index is 5.74. The number of aromatic nitrogens is 2. The fourth-order valence-corrected chi connectivity index (χ4v) is 2.58. The van der Waals surface area contributed by atoms with Crippen molar-refractivity contribution in [2.75, 3.05) is 13.1 Å². The van der Waals surface area contributed by atoms with Gasteiger partial charge in [-0.25, -0.2) is 0 Å². The lowest BCUT2D eigenvalue weighted by Crippen LogP contribution is -2.47. The van der Waals surface area contributed by atoms with Crippen LogP contribution in [0.2, 0.25) is 0 Å². The predicted molar refractivity (Wildman–Crippen MR) is 78.7 cm³/mol. The molecule has 1 aliphatic rings. The summed E-state index contributed by atoms with van der Waals surface area (Å²) >= 11 is 0. The van der Waals surface area contributed by atoms with Crippen LogP contribution in [0.25, 0.3) is 0 Å². The van der Waals surface area contributed by atoms with Gasteiger partial charge in [-0.2, -0.15) is 5.10 Å². The molecule has 2 aromatic rings. The molecule has 2 heterocycles. The predicted octanol–water partition coefficient (Wildman–Crippen LogP) is 2.73. The molecule has 0 unspecified atom stereocenters. The average Bonchev–Trinajstić information content (AvgIpc) is 2.86. The second-order valence-corrected chi connectivity index (χ2v) is 5.65. The highest BCUT2D eigenvalue weighted by molar-refractivity contribution is 5.28. The zero-order valence-corrected chi connectivity index (χ0v) is 12.1. The molecule has 4 heteroatoms. The van der Waals surface area contributed by atoms with Gasteiger partial charge < -0.3 is 4.74 Å². The molecule has 1 fully saturated rings. The SMILES string of the molecule is CC(C)Oc1cccc(CN2CC(n3cccn3)C2)c1. The Bertz CT molecular complexity index is 545. The van der Waals surface area contributed by atoms with Gasteiger partial charge in [0.15, 0.2) is 0 Å². The van der Waals surface area contributed by atoms with Crippen molar-refractivity contribution in [3.05, 3.63) is 48.3 Å². The van der Waals surface area contributed by atoms with E-state index in [9.17, 15) is 0 Å². The molecule has 1 aromatic carbocycles. The number of benzene rings is 1. The molecule has 106 valence electrons. The molecule has 0 radical (unpaired) electrons. The third-order valence-corrected chi connectivity index (χ3v) is 3.51. The van der Waals surface area contributed by atoms with E-state index in [4.69, 9.17) is 4.74 Å². The zero-order valence-electron chi connectivity index (χ0n) is 12.1. The van der Waals surface area contributed by atoms with Crippen LogP contribution in [0, 0.1) is 0 Å². The molecule has 0 aliphatic carbocycles. The van der Waals surface area contributed by atoms with Gasteiger partial charge in [-0.05, 0) is 37.6 Å². The minimum Gasteiger partial charge on any atom is -0.491 e.